The molecule has 0 amide bonds. The van der Waals surface area contributed by atoms with Crippen LogP contribution in [0.5, 0.6) is 5.75 Å². The van der Waals surface area contributed by atoms with Gasteiger partial charge in [0.2, 0.25) is 0 Å². The number of carboxylic acids is 1. The first-order valence-corrected chi connectivity index (χ1v) is 5.94. The second-order valence-corrected chi connectivity index (χ2v) is 4.20. The Balaban J connectivity index is 2.12. The Morgan fingerprint density at radius 1 is 1.15 bits per heavy atom. The van der Waals surface area contributed by atoms with Gasteiger partial charge in [-0.3, -0.25) is 0 Å². The minimum absolute atomic E-state index is 0.0282. The van der Waals surface area contributed by atoms with Crippen LogP contribution in [-0.2, 0) is 13.2 Å². The van der Waals surface area contributed by atoms with Gasteiger partial charge >= 0.3 is 5.97 Å². The quantitative estimate of drug-likeness (QED) is 0.881. The highest BCUT2D eigenvalue weighted by molar-refractivity contribution is 5.89. The number of halogens is 1. The van der Waals surface area contributed by atoms with E-state index in [0.717, 1.165) is 11.6 Å². The van der Waals surface area contributed by atoms with Crippen LogP contribution >= 0.6 is 0 Å². The second-order valence-electron chi connectivity index (χ2n) is 4.20. The third-order valence-electron chi connectivity index (χ3n) is 2.80. The van der Waals surface area contributed by atoms with Crippen molar-refractivity contribution in [3.63, 3.8) is 0 Å². The zero-order chi connectivity index (χ0) is 14.5. The number of aromatic carboxylic acids is 1. The summed E-state index contributed by atoms with van der Waals surface area (Å²) in [6.07, 6.45) is 0. The smallest absolute Gasteiger partial charge is 0.336 e. The van der Waals surface area contributed by atoms with Crippen LogP contribution in [-0.4, -0.2) is 16.2 Å². The number of aliphatic hydroxyl groups is 1. The average molecular weight is 276 g/mol. The van der Waals surface area contributed by atoms with Gasteiger partial charge in [-0.15, -0.1) is 0 Å². The van der Waals surface area contributed by atoms with Gasteiger partial charge in [0.1, 0.15) is 18.2 Å². The van der Waals surface area contributed by atoms with Crippen molar-refractivity contribution in [2.75, 3.05) is 0 Å². The van der Waals surface area contributed by atoms with Crippen molar-refractivity contribution in [2.45, 2.75) is 13.2 Å². The lowest BCUT2D eigenvalue weighted by Crippen LogP contribution is -2.06. The van der Waals surface area contributed by atoms with Crippen LogP contribution in [0.1, 0.15) is 21.5 Å². The van der Waals surface area contributed by atoms with Crippen LogP contribution in [0.3, 0.4) is 0 Å². The molecule has 0 aromatic heterocycles. The Labute approximate surface area is 115 Å². The lowest BCUT2D eigenvalue weighted by molar-refractivity contribution is 0.0693. The molecule has 0 unspecified atom stereocenters. The average Bonchev–Trinajstić information content (AvgIpc) is 2.46. The minimum Gasteiger partial charge on any atom is -0.489 e. The van der Waals surface area contributed by atoms with Crippen molar-refractivity contribution in [1.29, 1.82) is 0 Å². The number of benzene rings is 2. The van der Waals surface area contributed by atoms with Crippen molar-refractivity contribution in [2.24, 2.45) is 0 Å². The molecule has 104 valence electrons. The zero-order valence-corrected chi connectivity index (χ0v) is 10.5. The van der Waals surface area contributed by atoms with Crippen molar-refractivity contribution >= 4 is 5.97 Å². The Morgan fingerprint density at radius 3 is 2.45 bits per heavy atom. The molecule has 0 bridgehead atoms. The normalized spacial score (nSPS) is 10.3. The highest BCUT2D eigenvalue weighted by atomic mass is 19.1. The van der Waals surface area contributed by atoms with Gasteiger partial charge in [0.15, 0.2) is 0 Å². The van der Waals surface area contributed by atoms with Gasteiger partial charge in [-0.1, -0.05) is 18.2 Å². The highest BCUT2D eigenvalue weighted by Gasteiger charge is 2.11. The summed E-state index contributed by atoms with van der Waals surface area (Å²) in [5, 5.41) is 17.9. The second kappa shape index (κ2) is 6.16. The standard InChI is InChI=1S/C15H13FO4/c16-12-4-3-11(14(7-12)15(18)19)9-20-13-5-1-10(8-17)2-6-13/h1-7,17H,8-9H2,(H,18,19). The van der Waals surface area contributed by atoms with Gasteiger partial charge in [0, 0.05) is 5.56 Å². The highest BCUT2D eigenvalue weighted by Crippen LogP contribution is 2.17. The van der Waals surface area contributed by atoms with E-state index in [1.165, 1.54) is 12.1 Å². The summed E-state index contributed by atoms with van der Waals surface area (Å²) in [4.78, 5) is 11.0. The summed E-state index contributed by atoms with van der Waals surface area (Å²) in [6, 6.07) is 10.3. The molecule has 0 aliphatic carbocycles. The number of carboxylic acid groups (broad SMARTS) is 1. The third kappa shape index (κ3) is 3.33. The predicted octanol–water partition coefficient (Wildman–Crippen LogP) is 2.60. The molecule has 0 aliphatic rings. The molecule has 0 atom stereocenters. The number of ether oxygens (including phenoxy) is 1. The van der Waals surface area contributed by atoms with Gasteiger partial charge in [-0.2, -0.15) is 0 Å². The molecule has 2 N–H and O–H groups in total. The zero-order valence-electron chi connectivity index (χ0n) is 10.5. The topological polar surface area (TPSA) is 66.8 Å². The van der Waals surface area contributed by atoms with E-state index in [4.69, 9.17) is 14.9 Å². The molecule has 2 aromatic rings. The fraction of sp³-hybridized carbons (Fsp3) is 0.133. The first-order valence-electron chi connectivity index (χ1n) is 5.94. The monoisotopic (exact) mass is 276 g/mol. The summed E-state index contributed by atoms with van der Waals surface area (Å²) in [6.45, 7) is -0.0260. The van der Waals surface area contributed by atoms with E-state index in [2.05, 4.69) is 0 Å². The summed E-state index contributed by atoms with van der Waals surface area (Å²) < 4.78 is 18.5. The molecule has 5 heteroatoms. The number of carbonyl (C=O) groups is 1. The van der Waals surface area contributed by atoms with E-state index in [1.807, 2.05) is 0 Å². The fourth-order valence-electron chi connectivity index (χ4n) is 1.73. The van der Waals surface area contributed by atoms with Gasteiger partial charge in [-0.25, -0.2) is 9.18 Å². The Kier molecular flexibility index (Phi) is 4.32. The van der Waals surface area contributed by atoms with E-state index < -0.39 is 11.8 Å². The molecule has 0 heterocycles. The molecular weight excluding hydrogens is 263 g/mol. The molecule has 4 nitrogen and oxygen atoms in total. The molecular formula is C15H13FO4. The van der Waals surface area contributed by atoms with Crippen LogP contribution in [0.25, 0.3) is 0 Å². The van der Waals surface area contributed by atoms with Crippen LogP contribution in [0.2, 0.25) is 0 Å². The molecule has 0 radical (unpaired) electrons. The maximum atomic E-state index is 13.0. The van der Waals surface area contributed by atoms with Crippen molar-refractivity contribution in [3.8, 4) is 5.75 Å². The van der Waals surface area contributed by atoms with E-state index >= 15 is 0 Å². The molecule has 0 fully saturated rings. The van der Waals surface area contributed by atoms with E-state index in [9.17, 15) is 9.18 Å². The van der Waals surface area contributed by atoms with E-state index in [0.29, 0.717) is 11.3 Å². The summed E-state index contributed by atoms with van der Waals surface area (Å²) in [5.41, 5.74) is 1.03. The van der Waals surface area contributed by atoms with Gasteiger partial charge < -0.3 is 14.9 Å². The first-order chi connectivity index (χ1) is 9.60. The SMILES string of the molecule is O=C(O)c1cc(F)ccc1COc1ccc(CO)cc1. The minimum atomic E-state index is -1.20. The first kappa shape index (κ1) is 14.0. The van der Waals surface area contributed by atoms with Gasteiger partial charge in [0.05, 0.1) is 12.2 Å². The lowest BCUT2D eigenvalue weighted by Gasteiger charge is -2.09. The summed E-state index contributed by atoms with van der Waals surface area (Å²) in [7, 11) is 0. The Bertz CT molecular complexity index is 608. The maximum Gasteiger partial charge on any atom is 0.336 e. The van der Waals surface area contributed by atoms with Crippen LogP contribution in [0, 0.1) is 5.82 Å². The predicted molar refractivity (Wildman–Crippen MR) is 70.1 cm³/mol. The Morgan fingerprint density at radius 2 is 1.85 bits per heavy atom. The molecule has 2 rings (SSSR count). The van der Waals surface area contributed by atoms with Crippen molar-refractivity contribution in [1.82, 2.24) is 0 Å². The maximum absolute atomic E-state index is 13.0. The van der Waals surface area contributed by atoms with Crippen LogP contribution < -0.4 is 4.74 Å². The van der Waals surface area contributed by atoms with E-state index in [1.54, 1.807) is 24.3 Å². The van der Waals surface area contributed by atoms with Crippen molar-refractivity contribution < 1.29 is 24.1 Å². The summed E-state index contributed by atoms with van der Waals surface area (Å²) in [5.74, 6) is -1.25. The number of hydrogen-bond donors (Lipinski definition) is 2. The Hall–Kier alpha value is -2.40. The number of rotatable bonds is 5. The fourth-order valence-corrected chi connectivity index (χ4v) is 1.73. The molecule has 2 aromatic carbocycles. The van der Waals surface area contributed by atoms with E-state index in [-0.39, 0.29) is 18.8 Å². The third-order valence-corrected chi connectivity index (χ3v) is 2.80. The molecule has 0 aliphatic heterocycles. The van der Waals surface area contributed by atoms with Crippen LogP contribution in [0.15, 0.2) is 42.5 Å². The molecule has 0 spiro atoms. The van der Waals surface area contributed by atoms with Gasteiger partial charge in [0.25, 0.3) is 0 Å². The molecule has 20 heavy (non-hydrogen) atoms. The molecule has 0 saturated heterocycles. The summed E-state index contributed by atoms with van der Waals surface area (Å²) >= 11 is 0. The van der Waals surface area contributed by atoms with Gasteiger partial charge in [-0.05, 0) is 29.8 Å². The number of hydrogen-bond acceptors (Lipinski definition) is 3. The lowest BCUT2D eigenvalue weighted by atomic mass is 10.1. The largest absolute Gasteiger partial charge is 0.489 e. The van der Waals surface area contributed by atoms with Crippen LogP contribution in [0.4, 0.5) is 4.39 Å². The van der Waals surface area contributed by atoms with Crippen molar-refractivity contribution in [3.05, 3.63) is 65.0 Å². The number of aliphatic hydroxyl groups excluding tert-OH is 1. The molecule has 0 saturated carbocycles.